The van der Waals surface area contributed by atoms with Crippen LogP contribution in [0.2, 0.25) is 0 Å². The highest BCUT2D eigenvalue weighted by molar-refractivity contribution is 7.99. The van der Waals surface area contributed by atoms with Gasteiger partial charge in [0.15, 0.2) is 0 Å². The fourth-order valence-electron chi connectivity index (χ4n) is 2.07. The molecule has 0 radical (unpaired) electrons. The molecule has 1 aliphatic heterocycles. The van der Waals surface area contributed by atoms with Crippen molar-refractivity contribution < 1.29 is 9.90 Å². The molecule has 19 heavy (non-hydrogen) atoms. The Morgan fingerprint density at radius 1 is 1.58 bits per heavy atom. The molecule has 0 bridgehead atoms. The van der Waals surface area contributed by atoms with Gasteiger partial charge in [0.2, 0.25) is 0 Å². The van der Waals surface area contributed by atoms with Crippen LogP contribution in [0.5, 0.6) is 0 Å². The zero-order valence-corrected chi connectivity index (χ0v) is 12.1. The van der Waals surface area contributed by atoms with E-state index in [1.54, 1.807) is 11.9 Å². The number of hydrogen-bond donors (Lipinski definition) is 2. The third kappa shape index (κ3) is 3.22. The molecular formula is C14H20N2O2S. The van der Waals surface area contributed by atoms with E-state index in [9.17, 15) is 4.79 Å². The Morgan fingerprint density at radius 2 is 2.32 bits per heavy atom. The molecule has 0 saturated carbocycles. The van der Waals surface area contributed by atoms with Crippen LogP contribution < -0.4 is 5.32 Å². The summed E-state index contributed by atoms with van der Waals surface area (Å²) in [5, 5.41) is 12.1. The number of nitrogens with one attached hydrogen (secondary N) is 1. The molecule has 2 atom stereocenters. The monoisotopic (exact) mass is 280 g/mol. The van der Waals surface area contributed by atoms with Crippen LogP contribution in [-0.2, 0) is 0 Å². The third-order valence-electron chi connectivity index (χ3n) is 3.50. The average Bonchev–Trinajstić information content (AvgIpc) is 2.46. The van der Waals surface area contributed by atoms with Gasteiger partial charge >= 0.3 is 6.03 Å². The average molecular weight is 280 g/mol. The van der Waals surface area contributed by atoms with E-state index in [-0.39, 0.29) is 24.7 Å². The molecule has 1 aromatic carbocycles. The summed E-state index contributed by atoms with van der Waals surface area (Å²) in [6.07, 6.45) is 0.939. The number of aliphatic hydroxyl groups is 1. The lowest BCUT2D eigenvalue weighted by atomic mass is 10.0. The molecule has 2 N–H and O–H groups in total. The maximum atomic E-state index is 12.1. The first kappa shape index (κ1) is 14.2. The maximum Gasteiger partial charge on any atom is 0.317 e. The molecule has 0 fully saturated rings. The predicted molar refractivity (Wildman–Crippen MR) is 77.4 cm³/mol. The molecular weight excluding hydrogens is 260 g/mol. The Balaban J connectivity index is 2.06. The molecule has 0 aromatic heterocycles. The lowest BCUT2D eigenvalue weighted by molar-refractivity contribution is 0.154. The minimum Gasteiger partial charge on any atom is -0.394 e. The molecule has 4 nitrogen and oxygen atoms in total. The molecule has 5 heteroatoms. The minimum atomic E-state index is -0.173. The number of aliphatic hydroxyl groups excluding tert-OH is 1. The number of amides is 2. The van der Waals surface area contributed by atoms with Gasteiger partial charge in [-0.15, -0.1) is 11.8 Å². The number of fused-ring (bicyclic) bond motifs is 1. The molecule has 1 aromatic rings. The zero-order chi connectivity index (χ0) is 13.8. The first-order valence-corrected chi connectivity index (χ1v) is 7.48. The Labute approximate surface area is 118 Å². The molecule has 104 valence electrons. The van der Waals surface area contributed by atoms with E-state index in [2.05, 4.69) is 17.4 Å². The highest BCUT2D eigenvalue weighted by atomic mass is 32.2. The standard InChI is InChI=1S/C14H20N2O2S/c1-10(9-17)16(2)14(18)15-12-7-8-19-13-6-4-3-5-11(12)13/h3-6,10,12,17H,7-9H2,1-2H3,(H,15,18). The maximum absolute atomic E-state index is 12.1. The summed E-state index contributed by atoms with van der Waals surface area (Å²) in [4.78, 5) is 14.9. The van der Waals surface area contributed by atoms with E-state index in [4.69, 9.17) is 5.11 Å². The van der Waals surface area contributed by atoms with Crippen LogP contribution in [0, 0.1) is 0 Å². The highest BCUT2D eigenvalue weighted by Crippen LogP contribution is 2.35. The quantitative estimate of drug-likeness (QED) is 0.893. The zero-order valence-electron chi connectivity index (χ0n) is 11.3. The van der Waals surface area contributed by atoms with Crippen LogP contribution in [0.25, 0.3) is 0 Å². The minimum absolute atomic E-state index is 0.0268. The van der Waals surface area contributed by atoms with E-state index in [0.717, 1.165) is 12.2 Å². The number of nitrogens with zero attached hydrogens (tertiary/aromatic N) is 1. The van der Waals surface area contributed by atoms with Crippen molar-refractivity contribution in [2.75, 3.05) is 19.4 Å². The summed E-state index contributed by atoms with van der Waals surface area (Å²) in [5.74, 6) is 1.02. The summed E-state index contributed by atoms with van der Waals surface area (Å²) >= 11 is 1.83. The molecule has 2 amide bonds. The van der Waals surface area contributed by atoms with Crippen molar-refractivity contribution in [3.63, 3.8) is 0 Å². The van der Waals surface area contributed by atoms with Gasteiger partial charge in [-0.3, -0.25) is 0 Å². The Bertz CT molecular complexity index is 453. The smallest absolute Gasteiger partial charge is 0.317 e. The lowest BCUT2D eigenvalue weighted by Gasteiger charge is -2.30. The first-order chi connectivity index (χ1) is 9.13. The van der Waals surface area contributed by atoms with Gasteiger partial charge in [0.05, 0.1) is 18.7 Å². The van der Waals surface area contributed by atoms with Gasteiger partial charge in [0.1, 0.15) is 0 Å². The van der Waals surface area contributed by atoms with Crippen LogP contribution >= 0.6 is 11.8 Å². The second-order valence-corrected chi connectivity index (χ2v) is 5.96. The molecule has 0 saturated heterocycles. The second kappa shape index (κ2) is 6.30. The van der Waals surface area contributed by atoms with Crippen LogP contribution in [0.3, 0.4) is 0 Å². The van der Waals surface area contributed by atoms with Crippen molar-refractivity contribution >= 4 is 17.8 Å². The molecule has 2 rings (SSSR count). The number of rotatable bonds is 3. The highest BCUT2D eigenvalue weighted by Gasteiger charge is 2.24. The van der Waals surface area contributed by atoms with E-state index in [1.165, 1.54) is 10.5 Å². The lowest BCUT2D eigenvalue weighted by Crippen LogP contribution is -2.45. The number of carbonyl (C=O) groups is 1. The van der Waals surface area contributed by atoms with E-state index in [1.807, 2.05) is 30.8 Å². The van der Waals surface area contributed by atoms with Gasteiger partial charge in [-0.25, -0.2) is 4.79 Å². The van der Waals surface area contributed by atoms with Crippen LogP contribution in [-0.4, -0.2) is 41.5 Å². The topological polar surface area (TPSA) is 52.6 Å². The SMILES string of the molecule is CC(CO)N(C)C(=O)NC1CCSc2ccccc21. The Morgan fingerprint density at radius 3 is 3.05 bits per heavy atom. The summed E-state index contributed by atoms with van der Waals surface area (Å²) in [5.41, 5.74) is 1.19. The summed E-state index contributed by atoms with van der Waals surface area (Å²) in [6, 6.07) is 7.96. The van der Waals surface area contributed by atoms with E-state index in [0.29, 0.717) is 0 Å². The number of benzene rings is 1. The van der Waals surface area contributed by atoms with Gasteiger partial charge in [0, 0.05) is 17.7 Å². The Hall–Kier alpha value is -1.20. The number of carbonyl (C=O) groups excluding carboxylic acids is 1. The van der Waals surface area contributed by atoms with E-state index < -0.39 is 0 Å². The van der Waals surface area contributed by atoms with Gasteiger partial charge in [0.25, 0.3) is 0 Å². The number of thioether (sulfide) groups is 1. The van der Waals surface area contributed by atoms with Gasteiger partial charge in [-0.05, 0) is 25.0 Å². The normalized spacial score (nSPS) is 19.4. The van der Waals surface area contributed by atoms with Gasteiger partial charge < -0.3 is 15.3 Å². The second-order valence-electron chi connectivity index (χ2n) is 4.82. The number of likely N-dealkylation sites (N-methyl/N-ethyl adjacent to an activating group) is 1. The van der Waals surface area contributed by atoms with Crippen molar-refractivity contribution in [1.82, 2.24) is 10.2 Å². The summed E-state index contributed by atoms with van der Waals surface area (Å²) in [6.45, 7) is 1.80. The number of urea groups is 1. The molecule has 0 aliphatic carbocycles. The van der Waals surface area contributed by atoms with Crippen molar-refractivity contribution in [1.29, 1.82) is 0 Å². The Kier molecular flexibility index (Phi) is 4.71. The van der Waals surface area contributed by atoms with Gasteiger partial charge in [-0.2, -0.15) is 0 Å². The van der Waals surface area contributed by atoms with Crippen LogP contribution in [0.15, 0.2) is 29.2 Å². The number of hydrogen-bond acceptors (Lipinski definition) is 3. The van der Waals surface area contributed by atoms with Crippen LogP contribution in [0.1, 0.15) is 24.9 Å². The van der Waals surface area contributed by atoms with Crippen molar-refractivity contribution in [2.24, 2.45) is 0 Å². The largest absolute Gasteiger partial charge is 0.394 e. The first-order valence-electron chi connectivity index (χ1n) is 6.49. The van der Waals surface area contributed by atoms with E-state index >= 15 is 0 Å². The molecule has 1 aliphatic rings. The van der Waals surface area contributed by atoms with Crippen LogP contribution in [0.4, 0.5) is 4.79 Å². The molecule has 1 heterocycles. The van der Waals surface area contributed by atoms with Gasteiger partial charge in [-0.1, -0.05) is 18.2 Å². The fraction of sp³-hybridized carbons (Fsp3) is 0.500. The third-order valence-corrected chi connectivity index (χ3v) is 4.62. The fourth-order valence-corrected chi connectivity index (χ4v) is 3.19. The predicted octanol–water partition coefficient (Wildman–Crippen LogP) is 2.25. The molecule has 0 spiro atoms. The molecule has 2 unspecified atom stereocenters. The van der Waals surface area contributed by atoms with Crippen molar-refractivity contribution in [3.8, 4) is 0 Å². The van der Waals surface area contributed by atoms with Crippen molar-refractivity contribution in [3.05, 3.63) is 29.8 Å². The summed E-state index contributed by atoms with van der Waals surface area (Å²) in [7, 11) is 1.71. The summed E-state index contributed by atoms with van der Waals surface area (Å²) < 4.78 is 0. The van der Waals surface area contributed by atoms with Crippen molar-refractivity contribution in [2.45, 2.75) is 30.3 Å².